The summed E-state index contributed by atoms with van der Waals surface area (Å²) >= 11 is 0. The van der Waals surface area contributed by atoms with Crippen LogP contribution in [0.5, 0.6) is 0 Å². The summed E-state index contributed by atoms with van der Waals surface area (Å²) in [4.78, 5) is 12.7. The highest BCUT2D eigenvalue weighted by atomic mass is 16.1. The van der Waals surface area contributed by atoms with Gasteiger partial charge in [-0.1, -0.05) is 48.5 Å². The average Bonchev–Trinajstić information content (AvgIpc) is 3.37. The smallest absolute Gasteiger partial charge is 0.254 e. The number of amides is 1. The maximum absolute atomic E-state index is 12.7. The van der Waals surface area contributed by atoms with Gasteiger partial charge in [0, 0.05) is 12.0 Å². The zero-order valence-electron chi connectivity index (χ0n) is 15.2. The fraction of sp³-hybridized carbons (Fsp3) is 0.273. The van der Waals surface area contributed by atoms with Gasteiger partial charge in [0.2, 0.25) is 0 Å². The number of carbonyl (C=O) groups excluding carboxylic acids is 1. The van der Waals surface area contributed by atoms with E-state index >= 15 is 0 Å². The van der Waals surface area contributed by atoms with Crippen LogP contribution in [0.25, 0.3) is 5.69 Å². The van der Waals surface area contributed by atoms with Crippen LogP contribution in [0.1, 0.15) is 40.0 Å². The van der Waals surface area contributed by atoms with E-state index in [-0.39, 0.29) is 11.3 Å². The van der Waals surface area contributed by atoms with E-state index in [9.17, 15) is 4.79 Å². The van der Waals surface area contributed by atoms with Crippen LogP contribution < -0.4 is 5.32 Å². The van der Waals surface area contributed by atoms with Crippen LogP contribution >= 0.6 is 0 Å². The molecule has 3 aromatic rings. The normalized spacial score (nSPS) is 14.8. The lowest BCUT2D eigenvalue weighted by atomic mass is 9.96. The van der Waals surface area contributed by atoms with Crippen LogP contribution in [0.2, 0.25) is 0 Å². The average molecular weight is 345 g/mol. The summed E-state index contributed by atoms with van der Waals surface area (Å²) in [6.07, 6.45) is 3.91. The minimum absolute atomic E-state index is 0.0514. The van der Waals surface area contributed by atoms with E-state index in [1.807, 2.05) is 48.9 Å². The van der Waals surface area contributed by atoms with Gasteiger partial charge in [0.25, 0.3) is 5.91 Å². The molecule has 1 heterocycles. The van der Waals surface area contributed by atoms with Gasteiger partial charge >= 0.3 is 0 Å². The summed E-state index contributed by atoms with van der Waals surface area (Å²) < 4.78 is 1.84. The molecule has 1 aromatic heterocycles. The van der Waals surface area contributed by atoms with Crippen molar-refractivity contribution in [2.45, 2.75) is 32.1 Å². The summed E-state index contributed by atoms with van der Waals surface area (Å²) in [5, 5.41) is 7.57. The first-order valence-corrected chi connectivity index (χ1v) is 9.05. The number of carbonyl (C=O) groups is 1. The SMILES string of the molecule is Cc1ccccc1-n1ncc(C(=O)NCC2(c3ccccc3)CC2)c1C. The Hall–Kier alpha value is -2.88. The number of aromatic nitrogens is 2. The molecule has 2 aromatic carbocycles. The monoisotopic (exact) mass is 345 g/mol. The van der Waals surface area contributed by atoms with E-state index in [2.05, 4.69) is 34.7 Å². The van der Waals surface area contributed by atoms with Crippen molar-refractivity contribution in [1.29, 1.82) is 0 Å². The third-order valence-electron chi connectivity index (χ3n) is 5.43. The van der Waals surface area contributed by atoms with Crippen molar-refractivity contribution in [2.75, 3.05) is 6.54 Å². The highest BCUT2D eigenvalue weighted by Crippen LogP contribution is 2.47. The highest BCUT2D eigenvalue weighted by Gasteiger charge is 2.44. The summed E-state index contributed by atoms with van der Waals surface area (Å²) in [5.74, 6) is -0.0514. The molecule has 1 saturated carbocycles. The summed E-state index contributed by atoms with van der Waals surface area (Å²) in [7, 11) is 0. The third-order valence-corrected chi connectivity index (χ3v) is 5.43. The van der Waals surface area contributed by atoms with E-state index < -0.39 is 0 Å². The molecular weight excluding hydrogens is 322 g/mol. The molecule has 1 aliphatic carbocycles. The second kappa shape index (κ2) is 6.45. The first-order chi connectivity index (χ1) is 12.6. The molecule has 132 valence electrons. The standard InChI is InChI=1S/C22H23N3O/c1-16-8-6-7-11-20(16)25-17(2)19(14-24-25)21(26)23-15-22(12-13-22)18-9-4-3-5-10-18/h3-11,14H,12-13,15H2,1-2H3,(H,23,26). The number of aryl methyl sites for hydroxylation is 1. The van der Waals surface area contributed by atoms with Crippen molar-refractivity contribution in [3.63, 3.8) is 0 Å². The molecule has 1 N–H and O–H groups in total. The Balaban J connectivity index is 1.51. The number of benzene rings is 2. The van der Waals surface area contributed by atoms with Gasteiger partial charge in [-0.2, -0.15) is 5.10 Å². The molecule has 1 amide bonds. The Morgan fingerprint density at radius 1 is 1.08 bits per heavy atom. The molecular formula is C22H23N3O. The van der Waals surface area contributed by atoms with Gasteiger partial charge in [-0.05, 0) is 43.9 Å². The van der Waals surface area contributed by atoms with Crippen molar-refractivity contribution < 1.29 is 4.79 Å². The Kier molecular flexibility index (Phi) is 4.11. The summed E-state index contributed by atoms with van der Waals surface area (Å²) in [6.45, 7) is 4.66. The molecule has 4 nitrogen and oxygen atoms in total. The molecule has 26 heavy (non-hydrogen) atoms. The Morgan fingerprint density at radius 2 is 1.77 bits per heavy atom. The van der Waals surface area contributed by atoms with Crippen LogP contribution in [-0.2, 0) is 5.41 Å². The first-order valence-electron chi connectivity index (χ1n) is 9.05. The largest absolute Gasteiger partial charge is 0.351 e. The van der Waals surface area contributed by atoms with Gasteiger partial charge in [0.1, 0.15) is 0 Å². The summed E-state index contributed by atoms with van der Waals surface area (Å²) in [5.41, 5.74) is 5.06. The number of nitrogens with one attached hydrogen (secondary N) is 1. The van der Waals surface area contributed by atoms with Crippen LogP contribution in [0, 0.1) is 13.8 Å². The molecule has 0 saturated heterocycles. The Morgan fingerprint density at radius 3 is 2.46 bits per heavy atom. The van der Waals surface area contributed by atoms with Crippen molar-refractivity contribution in [1.82, 2.24) is 15.1 Å². The molecule has 0 atom stereocenters. The molecule has 1 aliphatic rings. The number of hydrogen-bond acceptors (Lipinski definition) is 2. The minimum Gasteiger partial charge on any atom is -0.351 e. The zero-order valence-corrected chi connectivity index (χ0v) is 15.2. The molecule has 4 heteroatoms. The van der Waals surface area contributed by atoms with E-state index in [0.29, 0.717) is 12.1 Å². The second-order valence-corrected chi connectivity index (χ2v) is 7.17. The van der Waals surface area contributed by atoms with Crippen molar-refractivity contribution in [2.24, 2.45) is 0 Å². The first kappa shape index (κ1) is 16.6. The lowest BCUT2D eigenvalue weighted by molar-refractivity contribution is 0.0949. The van der Waals surface area contributed by atoms with Crippen LogP contribution in [0.15, 0.2) is 60.8 Å². The lowest BCUT2D eigenvalue weighted by Crippen LogP contribution is -2.32. The molecule has 0 bridgehead atoms. The minimum atomic E-state index is -0.0514. The second-order valence-electron chi connectivity index (χ2n) is 7.17. The van der Waals surface area contributed by atoms with Gasteiger partial charge in [0.05, 0.1) is 23.1 Å². The van der Waals surface area contributed by atoms with Crippen LogP contribution in [-0.4, -0.2) is 22.2 Å². The lowest BCUT2D eigenvalue weighted by Gasteiger charge is -2.16. The van der Waals surface area contributed by atoms with E-state index in [0.717, 1.165) is 29.8 Å². The van der Waals surface area contributed by atoms with Crippen molar-refractivity contribution in [3.8, 4) is 5.69 Å². The Labute approximate surface area is 153 Å². The fourth-order valence-corrected chi connectivity index (χ4v) is 3.53. The molecule has 0 aliphatic heterocycles. The van der Waals surface area contributed by atoms with E-state index in [4.69, 9.17) is 0 Å². The predicted octanol–water partition coefficient (Wildman–Crippen LogP) is 3.95. The van der Waals surface area contributed by atoms with Gasteiger partial charge in [-0.3, -0.25) is 4.79 Å². The number of hydrogen-bond donors (Lipinski definition) is 1. The number of rotatable bonds is 5. The molecule has 0 spiro atoms. The summed E-state index contributed by atoms with van der Waals surface area (Å²) in [6, 6.07) is 18.5. The van der Waals surface area contributed by atoms with Crippen molar-refractivity contribution >= 4 is 5.91 Å². The van der Waals surface area contributed by atoms with Gasteiger partial charge in [-0.25, -0.2) is 4.68 Å². The predicted molar refractivity (Wildman–Crippen MR) is 103 cm³/mol. The maximum atomic E-state index is 12.7. The fourth-order valence-electron chi connectivity index (χ4n) is 3.53. The van der Waals surface area contributed by atoms with Crippen LogP contribution in [0.4, 0.5) is 0 Å². The molecule has 4 rings (SSSR count). The van der Waals surface area contributed by atoms with E-state index in [1.165, 1.54) is 5.56 Å². The Bertz CT molecular complexity index is 939. The third kappa shape index (κ3) is 2.92. The molecule has 0 unspecified atom stereocenters. The number of nitrogens with zero attached hydrogens (tertiary/aromatic N) is 2. The van der Waals surface area contributed by atoms with Crippen molar-refractivity contribution in [3.05, 3.63) is 83.2 Å². The highest BCUT2D eigenvalue weighted by molar-refractivity contribution is 5.95. The molecule has 0 radical (unpaired) electrons. The topological polar surface area (TPSA) is 46.9 Å². The van der Waals surface area contributed by atoms with Gasteiger partial charge < -0.3 is 5.32 Å². The van der Waals surface area contributed by atoms with E-state index in [1.54, 1.807) is 6.20 Å². The van der Waals surface area contributed by atoms with Crippen LogP contribution in [0.3, 0.4) is 0 Å². The zero-order chi connectivity index (χ0) is 18.1. The van der Waals surface area contributed by atoms with Gasteiger partial charge in [-0.15, -0.1) is 0 Å². The van der Waals surface area contributed by atoms with Gasteiger partial charge in [0.15, 0.2) is 0 Å². The molecule has 1 fully saturated rings. The number of para-hydroxylation sites is 1. The maximum Gasteiger partial charge on any atom is 0.254 e. The quantitative estimate of drug-likeness (QED) is 0.761.